The lowest BCUT2D eigenvalue weighted by atomic mass is 9.96. The topological polar surface area (TPSA) is 83.5 Å². The van der Waals surface area contributed by atoms with Crippen molar-refractivity contribution in [1.29, 1.82) is 0 Å². The minimum atomic E-state index is -1.02. The number of ether oxygens (including phenoxy) is 5. The van der Waals surface area contributed by atoms with Crippen LogP contribution in [0.2, 0.25) is 0 Å². The van der Waals surface area contributed by atoms with Gasteiger partial charge in [0.1, 0.15) is 24.4 Å². The van der Waals surface area contributed by atoms with Gasteiger partial charge >= 0.3 is 0 Å². The van der Waals surface area contributed by atoms with Gasteiger partial charge in [-0.3, -0.25) is 14.5 Å². The maximum atomic E-state index is 13.2. The summed E-state index contributed by atoms with van der Waals surface area (Å²) in [5.74, 6) is -0.588. The first-order valence-electron chi connectivity index (χ1n) is 15.7. The highest BCUT2D eigenvalue weighted by Crippen LogP contribution is 2.34. The van der Waals surface area contributed by atoms with Crippen LogP contribution in [0.4, 0.5) is 0 Å². The van der Waals surface area contributed by atoms with Crippen LogP contribution in [0, 0.1) is 0 Å². The molecule has 4 aromatic carbocycles. The normalized spacial score (nSPS) is 23.1. The Labute approximate surface area is 269 Å². The highest BCUT2D eigenvalue weighted by molar-refractivity contribution is 6.02. The maximum Gasteiger partial charge on any atom is 0.231 e. The average molecular weight is 622 g/mol. The molecule has 0 bridgehead atoms. The van der Waals surface area contributed by atoms with Crippen molar-refractivity contribution in [3.63, 3.8) is 0 Å². The number of amides is 2. The Balaban J connectivity index is 1.33. The van der Waals surface area contributed by atoms with Crippen LogP contribution in [0.3, 0.4) is 0 Å². The number of likely N-dealkylation sites (tertiary alicyclic amines) is 1. The molecule has 8 nitrogen and oxygen atoms in total. The maximum absolute atomic E-state index is 13.2. The molecule has 2 aliphatic rings. The summed E-state index contributed by atoms with van der Waals surface area (Å²) >= 11 is 0. The second-order valence-electron chi connectivity index (χ2n) is 11.5. The van der Waals surface area contributed by atoms with Gasteiger partial charge in [-0.2, -0.15) is 0 Å². The zero-order valence-corrected chi connectivity index (χ0v) is 25.7. The zero-order valence-electron chi connectivity index (χ0n) is 25.7. The van der Waals surface area contributed by atoms with Gasteiger partial charge in [0.15, 0.2) is 6.23 Å². The summed E-state index contributed by atoms with van der Waals surface area (Å²) in [5, 5.41) is 0. The van der Waals surface area contributed by atoms with Gasteiger partial charge in [0.05, 0.1) is 33.0 Å². The molecule has 2 fully saturated rings. The first kappa shape index (κ1) is 31.8. The van der Waals surface area contributed by atoms with Crippen LogP contribution in [0.25, 0.3) is 0 Å². The van der Waals surface area contributed by atoms with Crippen molar-refractivity contribution >= 4 is 11.8 Å². The molecular weight excluding hydrogens is 582 g/mol. The number of rotatable bonds is 14. The number of imide groups is 1. The Morgan fingerprint density at radius 3 is 1.37 bits per heavy atom. The standard InChI is InChI=1S/C38H39NO7/c40-33-21-22-34(41)39(33)38-37(45-26-31-19-11-4-12-20-31)36(44-25-30-17-9-3-10-18-30)35(43-24-29-15-7-2-8-16-29)32(46-38)27-42-23-28-13-5-1-6-14-28/h1-20,32,35-38H,21-27H2. The number of hydrogen-bond acceptors (Lipinski definition) is 7. The van der Waals surface area contributed by atoms with Gasteiger partial charge in [0.25, 0.3) is 0 Å². The van der Waals surface area contributed by atoms with Gasteiger partial charge in [0.2, 0.25) is 11.8 Å². The van der Waals surface area contributed by atoms with Crippen LogP contribution < -0.4 is 0 Å². The van der Waals surface area contributed by atoms with Crippen molar-refractivity contribution in [3.05, 3.63) is 144 Å². The van der Waals surface area contributed by atoms with Crippen LogP contribution >= 0.6 is 0 Å². The van der Waals surface area contributed by atoms with Gasteiger partial charge in [-0.25, -0.2) is 0 Å². The van der Waals surface area contributed by atoms with Crippen LogP contribution in [-0.4, -0.2) is 54.0 Å². The Kier molecular flexibility index (Phi) is 11.0. The van der Waals surface area contributed by atoms with E-state index in [2.05, 4.69) is 0 Å². The molecule has 0 spiro atoms. The molecule has 4 aromatic rings. The molecule has 5 unspecified atom stereocenters. The fourth-order valence-electron chi connectivity index (χ4n) is 5.85. The van der Waals surface area contributed by atoms with Crippen LogP contribution in [0.5, 0.6) is 0 Å². The van der Waals surface area contributed by atoms with E-state index in [0.29, 0.717) is 13.2 Å². The Hall–Kier alpha value is -4.18. The second-order valence-corrected chi connectivity index (χ2v) is 11.5. The van der Waals surface area contributed by atoms with E-state index in [4.69, 9.17) is 23.7 Å². The van der Waals surface area contributed by atoms with Gasteiger partial charge in [-0.1, -0.05) is 121 Å². The lowest BCUT2D eigenvalue weighted by Crippen LogP contribution is -2.66. The van der Waals surface area contributed by atoms with Crippen molar-refractivity contribution in [2.75, 3.05) is 6.61 Å². The Morgan fingerprint density at radius 1 is 0.522 bits per heavy atom. The number of carbonyl (C=O) groups is 2. The lowest BCUT2D eigenvalue weighted by Gasteiger charge is -2.48. The number of benzene rings is 4. The third-order valence-electron chi connectivity index (χ3n) is 8.20. The fourth-order valence-corrected chi connectivity index (χ4v) is 5.85. The summed E-state index contributed by atoms with van der Waals surface area (Å²) in [7, 11) is 0. The molecule has 0 saturated carbocycles. The molecular formula is C38H39NO7. The molecule has 0 aromatic heterocycles. The molecule has 8 heteroatoms. The molecule has 0 radical (unpaired) electrons. The summed E-state index contributed by atoms with van der Waals surface area (Å²) in [4.78, 5) is 27.5. The molecule has 238 valence electrons. The zero-order chi connectivity index (χ0) is 31.6. The predicted octanol–water partition coefficient (Wildman–Crippen LogP) is 5.83. The molecule has 6 rings (SSSR count). The number of nitrogens with zero attached hydrogens (tertiary/aromatic N) is 1. The SMILES string of the molecule is O=C1CCC(=O)N1C1OC(COCc2ccccc2)C(OCc2ccccc2)C(OCc2ccccc2)C1OCc1ccccc1. The molecule has 2 saturated heterocycles. The van der Waals surface area contributed by atoms with Crippen molar-refractivity contribution in [2.24, 2.45) is 0 Å². The molecule has 5 atom stereocenters. The summed E-state index contributed by atoms with van der Waals surface area (Å²) < 4.78 is 32.8. The minimum Gasteiger partial charge on any atom is -0.374 e. The predicted molar refractivity (Wildman–Crippen MR) is 171 cm³/mol. The van der Waals surface area contributed by atoms with E-state index in [0.717, 1.165) is 22.3 Å². The van der Waals surface area contributed by atoms with Crippen LogP contribution in [-0.2, 0) is 59.7 Å². The summed E-state index contributed by atoms with van der Waals surface area (Å²) in [5.41, 5.74) is 3.92. The molecule has 2 heterocycles. The van der Waals surface area contributed by atoms with Gasteiger partial charge in [-0.15, -0.1) is 0 Å². The molecule has 0 N–H and O–H groups in total. The summed E-state index contributed by atoms with van der Waals surface area (Å²) in [6.45, 7) is 1.31. The first-order chi connectivity index (χ1) is 22.7. The van der Waals surface area contributed by atoms with Gasteiger partial charge in [-0.05, 0) is 22.3 Å². The van der Waals surface area contributed by atoms with Gasteiger partial charge in [0, 0.05) is 12.8 Å². The molecule has 2 amide bonds. The second kappa shape index (κ2) is 15.9. The van der Waals surface area contributed by atoms with Crippen molar-refractivity contribution in [1.82, 2.24) is 4.90 Å². The van der Waals surface area contributed by atoms with Crippen molar-refractivity contribution < 1.29 is 33.3 Å². The van der Waals surface area contributed by atoms with Crippen molar-refractivity contribution in [2.45, 2.75) is 69.9 Å². The van der Waals surface area contributed by atoms with E-state index < -0.39 is 30.6 Å². The van der Waals surface area contributed by atoms with E-state index in [1.54, 1.807) is 0 Å². The van der Waals surface area contributed by atoms with Crippen LogP contribution in [0.15, 0.2) is 121 Å². The number of carbonyl (C=O) groups excluding carboxylic acids is 2. The minimum absolute atomic E-state index is 0.128. The van der Waals surface area contributed by atoms with Crippen LogP contribution in [0.1, 0.15) is 35.1 Å². The van der Waals surface area contributed by atoms with Gasteiger partial charge < -0.3 is 23.7 Å². The van der Waals surface area contributed by atoms with E-state index in [9.17, 15) is 9.59 Å². The van der Waals surface area contributed by atoms with E-state index >= 15 is 0 Å². The van der Waals surface area contributed by atoms with E-state index in [1.807, 2.05) is 121 Å². The fraction of sp³-hybridized carbons (Fsp3) is 0.316. The molecule has 2 aliphatic heterocycles. The molecule has 46 heavy (non-hydrogen) atoms. The average Bonchev–Trinajstić information content (AvgIpc) is 3.44. The lowest BCUT2D eigenvalue weighted by molar-refractivity contribution is -0.293. The third-order valence-corrected chi connectivity index (χ3v) is 8.20. The van der Waals surface area contributed by atoms with Crippen molar-refractivity contribution in [3.8, 4) is 0 Å². The third kappa shape index (κ3) is 8.15. The quantitative estimate of drug-likeness (QED) is 0.164. The summed E-state index contributed by atoms with van der Waals surface area (Å²) in [6.07, 6.45) is -3.63. The Morgan fingerprint density at radius 2 is 0.913 bits per heavy atom. The van der Waals surface area contributed by atoms with E-state index in [1.165, 1.54) is 4.90 Å². The largest absolute Gasteiger partial charge is 0.374 e. The number of hydrogen-bond donors (Lipinski definition) is 0. The first-order valence-corrected chi connectivity index (χ1v) is 15.7. The highest BCUT2D eigenvalue weighted by atomic mass is 16.6. The monoisotopic (exact) mass is 621 g/mol. The summed E-state index contributed by atoms with van der Waals surface area (Å²) in [6, 6.07) is 39.4. The smallest absolute Gasteiger partial charge is 0.231 e. The molecule has 0 aliphatic carbocycles. The Bertz CT molecular complexity index is 1500. The highest BCUT2D eigenvalue weighted by Gasteiger charge is 2.53. The van der Waals surface area contributed by atoms with E-state index in [-0.39, 0.29) is 44.5 Å².